The lowest BCUT2D eigenvalue weighted by Crippen LogP contribution is -2.16. The van der Waals surface area contributed by atoms with Crippen molar-refractivity contribution < 1.29 is 0 Å². The van der Waals surface area contributed by atoms with Crippen LogP contribution in [-0.2, 0) is 6.42 Å². The molecule has 0 radical (unpaired) electrons. The molecule has 3 rings (SSSR count). The van der Waals surface area contributed by atoms with Gasteiger partial charge in [0.25, 0.3) is 0 Å². The highest BCUT2D eigenvalue weighted by atomic mass is 35.5. The number of fused-ring (bicyclic) bond motifs is 1. The lowest BCUT2D eigenvalue weighted by molar-refractivity contribution is 0.609. The Balaban J connectivity index is 1.83. The fourth-order valence-electron chi connectivity index (χ4n) is 2.75. The lowest BCUT2D eigenvalue weighted by Gasteiger charge is -2.25. The molecule has 0 spiro atoms. The van der Waals surface area contributed by atoms with Gasteiger partial charge < -0.3 is 10.2 Å². The van der Waals surface area contributed by atoms with Gasteiger partial charge in [-0.25, -0.2) is 0 Å². The summed E-state index contributed by atoms with van der Waals surface area (Å²) in [5.41, 5.74) is 3.78. The van der Waals surface area contributed by atoms with Crippen molar-refractivity contribution in [1.82, 2.24) is 0 Å². The summed E-state index contributed by atoms with van der Waals surface area (Å²) in [6, 6.07) is 11.1. The Kier molecular flexibility index (Phi) is 3.90. The lowest BCUT2D eigenvalue weighted by atomic mass is 9.94. The molecular weight excluding hydrogens is 288 g/mol. The number of anilines is 2. The first-order valence-electron chi connectivity index (χ1n) is 6.95. The zero-order valence-electron chi connectivity index (χ0n) is 11.8. The van der Waals surface area contributed by atoms with Gasteiger partial charge >= 0.3 is 0 Å². The van der Waals surface area contributed by atoms with E-state index < -0.39 is 0 Å². The number of hydrogen-bond donors (Lipinski definition) is 1. The van der Waals surface area contributed by atoms with Gasteiger partial charge in [-0.2, -0.15) is 0 Å². The van der Waals surface area contributed by atoms with Crippen LogP contribution in [0.4, 0.5) is 11.4 Å². The van der Waals surface area contributed by atoms with E-state index in [-0.39, 0.29) is 0 Å². The predicted molar refractivity (Wildman–Crippen MR) is 89.4 cm³/mol. The minimum Gasteiger partial charge on any atom is -0.378 e. The van der Waals surface area contributed by atoms with E-state index in [0.29, 0.717) is 6.04 Å². The quantitative estimate of drug-likeness (QED) is 0.862. The van der Waals surface area contributed by atoms with Gasteiger partial charge in [0.2, 0.25) is 0 Å². The molecule has 1 unspecified atom stereocenters. The molecule has 1 atom stereocenters. The first kappa shape index (κ1) is 13.8. The second-order valence-corrected chi connectivity index (χ2v) is 7.23. The van der Waals surface area contributed by atoms with Crippen LogP contribution in [0.15, 0.2) is 30.3 Å². The van der Waals surface area contributed by atoms with Gasteiger partial charge in [-0.05, 0) is 49.1 Å². The minimum atomic E-state index is 0.389. The summed E-state index contributed by atoms with van der Waals surface area (Å²) in [6.07, 6.45) is 3.57. The Morgan fingerprint density at radius 1 is 1.30 bits per heavy atom. The maximum absolute atomic E-state index is 6.17. The van der Waals surface area contributed by atoms with Crippen molar-refractivity contribution in [2.24, 2.45) is 0 Å². The zero-order chi connectivity index (χ0) is 14.1. The van der Waals surface area contributed by atoms with E-state index in [4.69, 9.17) is 11.6 Å². The smallest absolute Gasteiger partial charge is 0.0934 e. The van der Waals surface area contributed by atoms with E-state index >= 15 is 0 Å². The third kappa shape index (κ3) is 2.79. The van der Waals surface area contributed by atoms with E-state index in [0.717, 1.165) is 4.34 Å². The number of halogens is 1. The van der Waals surface area contributed by atoms with E-state index in [2.05, 4.69) is 54.6 Å². The molecule has 1 N–H and O–H groups in total. The summed E-state index contributed by atoms with van der Waals surface area (Å²) in [5.74, 6) is 0. The summed E-state index contributed by atoms with van der Waals surface area (Å²) in [5, 5.41) is 3.67. The van der Waals surface area contributed by atoms with Crippen molar-refractivity contribution >= 4 is 34.3 Å². The van der Waals surface area contributed by atoms with Crippen molar-refractivity contribution in [3.05, 3.63) is 45.1 Å². The van der Waals surface area contributed by atoms with Crippen LogP contribution in [0.5, 0.6) is 0 Å². The Labute approximate surface area is 129 Å². The second kappa shape index (κ2) is 5.66. The molecule has 0 amide bonds. The SMILES string of the molecule is CN(C)c1cccc(NC2CCCc3sc(Cl)cc32)c1. The molecule has 0 fully saturated rings. The molecular formula is C16H19ClN2S. The van der Waals surface area contributed by atoms with Crippen LogP contribution in [0.2, 0.25) is 4.34 Å². The highest BCUT2D eigenvalue weighted by molar-refractivity contribution is 7.16. The molecule has 1 aliphatic rings. The fourth-order valence-corrected chi connectivity index (χ4v) is 4.13. The number of benzene rings is 1. The molecule has 1 aromatic carbocycles. The Morgan fingerprint density at radius 2 is 2.15 bits per heavy atom. The van der Waals surface area contributed by atoms with Crippen molar-refractivity contribution in [2.75, 3.05) is 24.3 Å². The second-order valence-electron chi connectivity index (χ2n) is 5.46. The zero-order valence-corrected chi connectivity index (χ0v) is 13.4. The molecule has 20 heavy (non-hydrogen) atoms. The summed E-state index contributed by atoms with van der Waals surface area (Å²) in [6.45, 7) is 0. The largest absolute Gasteiger partial charge is 0.378 e. The molecule has 0 bridgehead atoms. The maximum Gasteiger partial charge on any atom is 0.0934 e. The van der Waals surface area contributed by atoms with E-state index in [1.807, 2.05) is 0 Å². The number of aryl methyl sites for hydroxylation is 1. The summed E-state index contributed by atoms with van der Waals surface area (Å²) < 4.78 is 0.908. The van der Waals surface area contributed by atoms with Crippen LogP contribution in [0.25, 0.3) is 0 Å². The van der Waals surface area contributed by atoms with Crippen LogP contribution in [0.1, 0.15) is 29.3 Å². The molecule has 1 aromatic heterocycles. The summed E-state index contributed by atoms with van der Waals surface area (Å²) >= 11 is 7.90. The van der Waals surface area contributed by atoms with Crippen LogP contribution >= 0.6 is 22.9 Å². The van der Waals surface area contributed by atoms with Crippen molar-refractivity contribution in [3.8, 4) is 0 Å². The Bertz CT molecular complexity index is 606. The van der Waals surface area contributed by atoms with Gasteiger partial charge in [0.15, 0.2) is 0 Å². The first-order valence-corrected chi connectivity index (χ1v) is 8.15. The standard InChI is InChI=1S/C16H19ClN2S/c1-19(2)12-6-3-5-11(9-12)18-14-7-4-8-15-13(14)10-16(17)20-15/h3,5-6,9-10,14,18H,4,7-8H2,1-2H3. The van der Waals surface area contributed by atoms with Gasteiger partial charge in [0.1, 0.15) is 0 Å². The number of nitrogens with zero attached hydrogens (tertiary/aromatic N) is 1. The Hall–Kier alpha value is -1.19. The molecule has 0 aliphatic heterocycles. The van der Waals surface area contributed by atoms with Gasteiger partial charge in [-0.3, -0.25) is 0 Å². The van der Waals surface area contributed by atoms with Gasteiger partial charge in [-0.15, -0.1) is 11.3 Å². The monoisotopic (exact) mass is 306 g/mol. The summed E-state index contributed by atoms with van der Waals surface area (Å²) in [7, 11) is 4.13. The van der Waals surface area contributed by atoms with E-state index in [1.54, 1.807) is 11.3 Å². The molecule has 2 nitrogen and oxygen atoms in total. The number of nitrogens with one attached hydrogen (secondary N) is 1. The average Bonchev–Trinajstić information content (AvgIpc) is 2.80. The van der Waals surface area contributed by atoms with E-state index in [1.165, 1.54) is 41.1 Å². The topological polar surface area (TPSA) is 15.3 Å². The van der Waals surface area contributed by atoms with Crippen LogP contribution in [0, 0.1) is 0 Å². The first-order chi connectivity index (χ1) is 9.63. The third-order valence-corrected chi connectivity index (χ3v) is 5.13. The highest BCUT2D eigenvalue weighted by Gasteiger charge is 2.22. The highest BCUT2D eigenvalue weighted by Crippen LogP contribution is 2.39. The molecule has 1 aliphatic carbocycles. The number of hydrogen-bond acceptors (Lipinski definition) is 3. The van der Waals surface area contributed by atoms with Crippen molar-refractivity contribution in [1.29, 1.82) is 0 Å². The van der Waals surface area contributed by atoms with Crippen molar-refractivity contribution in [2.45, 2.75) is 25.3 Å². The molecule has 0 saturated heterocycles. The van der Waals surface area contributed by atoms with Gasteiger partial charge in [0.05, 0.1) is 10.4 Å². The van der Waals surface area contributed by atoms with Crippen LogP contribution in [0.3, 0.4) is 0 Å². The minimum absolute atomic E-state index is 0.389. The number of rotatable bonds is 3. The fraction of sp³-hybridized carbons (Fsp3) is 0.375. The van der Waals surface area contributed by atoms with Gasteiger partial charge in [-0.1, -0.05) is 17.7 Å². The molecule has 106 valence electrons. The molecule has 2 aromatic rings. The van der Waals surface area contributed by atoms with Crippen LogP contribution < -0.4 is 10.2 Å². The number of thiophene rings is 1. The maximum atomic E-state index is 6.17. The normalized spacial score (nSPS) is 17.6. The predicted octanol–water partition coefficient (Wildman–Crippen LogP) is 4.96. The summed E-state index contributed by atoms with van der Waals surface area (Å²) in [4.78, 5) is 3.57. The van der Waals surface area contributed by atoms with Gasteiger partial charge in [0, 0.05) is 30.3 Å². The third-order valence-electron chi connectivity index (χ3n) is 3.79. The Morgan fingerprint density at radius 3 is 2.95 bits per heavy atom. The molecule has 0 saturated carbocycles. The van der Waals surface area contributed by atoms with Crippen molar-refractivity contribution in [3.63, 3.8) is 0 Å². The molecule has 1 heterocycles. The average molecular weight is 307 g/mol. The van der Waals surface area contributed by atoms with E-state index in [9.17, 15) is 0 Å². The molecule has 4 heteroatoms. The van der Waals surface area contributed by atoms with Crippen LogP contribution in [-0.4, -0.2) is 14.1 Å².